The lowest BCUT2D eigenvalue weighted by atomic mass is 10.0. The third-order valence-electron chi connectivity index (χ3n) is 4.73. The van der Waals surface area contributed by atoms with Gasteiger partial charge in [0, 0.05) is 12.1 Å². The van der Waals surface area contributed by atoms with Gasteiger partial charge in [0.15, 0.2) is 5.78 Å². The van der Waals surface area contributed by atoms with Crippen LogP contribution in [0.5, 0.6) is 0 Å². The van der Waals surface area contributed by atoms with E-state index < -0.39 is 0 Å². The molecule has 2 aliphatic rings. The lowest BCUT2D eigenvalue weighted by Gasteiger charge is -2.18. The number of carbonyl (C=O) groups is 1. The van der Waals surface area contributed by atoms with Gasteiger partial charge >= 0.3 is 0 Å². The minimum Gasteiger partial charge on any atom is -0.311 e. The summed E-state index contributed by atoms with van der Waals surface area (Å²) in [4.78, 5) is 12.0. The molecule has 0 spiro atoms. The molecule has 1 aliphatic carbocycles. The Labute approximate surface area is 117 Å². The number of hydrogen-bond acceptors (Lipinski definition) is 3. The summed E-state index contributed by atoms with van der Waals surface area (Å²) >= 11 is 0. The Morgan fingerprint density at radius 3 is 2.79 bits per heavy atom. The molecular formula is C16H28N2O. The zero-order valence-electron chi connectivity index (χ0n) is 12.4. The molecule has 0 amide bonds. The van der Waals surface area contributed by atoms with E-state index in [2.05, 4.69) is 30.6 Å². The summed E-state index contributed by atoms with van der Waals surface area (Å²) in [7, 11) is 0. The first-order chi connectivity index (χ1) is 9.19. The van der Waals surface area contributed by atoms with E-state index in [1.54, 1.807) is 0 Å². The molecule has 2 atom stereocenters. The van der Waals surface area contributed by atoms with E-state index in [9.17, 15) is 4.79 Å². The summed E-state index contributed by atoms with van der Waals surface area (Å²) in [5, 5.41) is 6.94. The van der Waals surface area contributed by atoms with Gasteiger partial charge in [-0.15, -0.1) is 0 Å². The van der Waals surface area contributed by atoms with Crippen LogP contribution in [0.25, 0.3) is 0 Å². The Morgan fingerprint density at radius 1 is 1.47 bits per heavy atom. The summed E-state index contributed by atoms with van der Waals surface area (Å²) in [6.45, 7) is 6.45. The molecule has 0 unspecified atom stereocenters. The standard InChI is InChI=1S/C16H28N2O/c1-3-13(12-18-16(4-2)9-10-16)7-8-15(19)14-6-5-11-17-14/h7-8,13-14,17-18H,3-6,9-12H2,1-2H3/b8-7-/t13-,14-/m0/s1. The molecule has 0 aromatic heterocycles. The van der Waals surface area contributed by atoms with Crippen LogP contribution < -0.4 is 10.6 Å². The normalized spacial score (nSPS) is 26.7. The maximum atomic E-state index is 12.0. The molecule has 0 aromatic rings. The first-order valence-corrected chi connectivity index (χ1v) is 7.89. The Morgan fingerprint density at radius 2 is 2.26 bits per heavy atom. The van der Waals surface area contributed by atoms with Crippen molar-refractivity contribution in [2.45, 2.75) is 64.0 Å². The predicted octanol–water partition coefficient (Wildman–Crippen LogP) is 2.42. The summed E-state index contributed by atoms with van der Waals surface area (Å²) in [5.41, 5.74) is 0.429. The summed E-state index contributed by atoms with van der Waals surface area (Å²) in [6, 6.07) is 0.0760. The molecule has 2 fully saturated rings. The molecule has 2 rings (SSSR count). The van der Waals surface area contributed by atoms with Crippen molar-refractivity contribution in [1.82, 2.24) is 10.6 Å². The zero-order valence-corrected chi connectivity index (χ0v) is 12.4. The van der Waals surface area contributed by atoms with Gasteiger partial charge in [-0.2, -0.15) is 0 Å². The highest BCUT2D eigenvalue weighted by molar-refractivity contribution is 5.94. The van der Waals surface area contributed by atoms with Gasteiger partial charge in [-0.25, -0.2) is 0 Å². The number of carbonyl (C=O) groups excluding carboxylic acids is 1. The molecule has 0 radical (unpaired) electrons. The van der Waals surface area contributed by atoms with E-state index in [1.807, 2.05) is 6.08 Å². The van der Waals surface area contributed by atoms with Crippen LogP contribution in [0.15, 0.2) is 12.2 Å². The predicted molar refractivity (Wildman–Crippen MR) is 79.2 cm³/mol. The average molecular weight is 264 g/mol. The maximum Gasteiger partial charge on any atom is 0.172 e. The van der Waals surface area contributed by atoms with Gasteiger partial charge in [0.25, 0.3) is 0 Å². The quantitative estimate of drug-likeness (QED) is 0.662. The van der Waals surface area contributed by atoms with Gasteiger partial charge < -0.3 is 10.6 Å². The van der Waals surface area contributed by atoms with Crippen molar-refractivity contribution >= 4 is 5.78 Å². The van der Waals surface area contributed by atoms with Crippen molar-refractivity contribution in [3.8, 4) is 0 Å². The molecule has 108 valence electrons. The number of hydrogen-bond donors (Lipinski definition) is 2. The van der Waals surface area contributed by atoms with Crippen LogP contribution in [0.2, 0.25) is 0 Å². The first-order valence-electron chi connectivity index (χ1n) is 7.89. The van der Waals surface area contributed by atoms with Crippen LogP contribution in [-0.2, 0) is 4.79 Å². The maximum absolute atomic E-state index is 12.0. The molecule has 0 aromatic carbocycles. The van der Waals surface area contributed by atoms with Crippen molar-refractivity contribution in [3.05, 3.63) is 12.2 Å². The van der Waals surface area contributed by atoms with Gasteiger partial charge in [0.05, 0.1) is 6.04 Å². The fourth-order valence-corrected chi connectivity index (χ4v) is 2.78. The van der Waals surface area contributed by atoms with Crippen molar-refractivity contribution < 1.29 is 4.79 Å². The third kappa shape index (κ3) is 4.15. The van der Waals surface area contributed by atoms with Crippen molar-refractivity contribution in [2.24, 2.45) is 5.92 Å². The third-order valence-corrected chi connectivity index (χ3v) is 4.73. The minimum absolute atomic E-state index is 0.0760. The molecule has 1 saturated carbocycles. The molecule has 3 nitrogen and oxygen atoms in total. The second-order valence-corrected chi connectivity index (χ2v) is 6.09. The number of rotatable bonds is 8. The monoisotopic (exact) mass is 264 g/mol. The van der Waals surface area contributed by atoms with E-state index in [1.165, 1.54) is 19.3 Å². The van der Waals surface area contributed by atoms with Gasteiger partial charge in [0.2, 0.25) is 0 Å². The number of ketones is 1. The van der Waals surface area contributed by atoms with Crippen molar-refractivity contribution in [1.29, 1.82) is 0 Å². The van der Waals surface area contributed by atoms with Crippen LogP contribution in [0, 0.1) is 5.92 Å². The second-order valence-electron chi connectivity index (χ2n) is 6.09. The van der Waals surface area contributed by atoms with Crippen LogP contribution in [0.3, 0.4) is 0 Å². The molecule has 2 N–H and O–H groups in total. The highest BCUT2D eigenvalue weighted by Gasteiger charge is 2.40. The largest absolute Gasteiger partial charge is 0.311 e. The van der Waals surface area contributed by atoms with E-state index in [0.717, 1.165) is 32.4 Å². The minimum atomic E-state index is 0.0760. The fraction of sp³-hybridized carbons (Fsp3) is 0.812. The highest BCUT2D eigenvalue weighted by atomic mass is 16.1. The smallest absolute Gasteiger partial charge is 0.172 e. The molecule has 0 bridgehead atoms. The Kier molecular flexibility index (Phi) is 5.17. The molecule has 1 saturated heterocycles. The van der Waals surface area contributed by atoms with Gasteiger partial charge in [-0.3, -0.25) is 4.79 Å². The van der Waals surface area contributed by atoms with Gasteiger partial charge in [0.1, 0.15) is 0 Å². The second kappa shape index (κ2) is 6.67. The molecule has 3 heteroatoms. The summed E-state index contributed by atoms with van der Waals surface area (Å²) < 4.78 is 0. The van der Waals surface area contributed by atoms with E-state index in [0.29, 0.717) is 11.5 Å². The fourth-order valence-electron chi connectivity index (χ4n) is 2.78. The first kappa shape index (κ1) is 14.7. The highest BCUT2D eigenvalue weighted by Crippen LogP contribution is 2.38. The average Bonchev–Trinajstić information content (AvgIpc) is 3.01. The van der Waals surface area contributed by atoms with Gasteiger partial charge in [-0.05, 0) is 57.1 Å². The zero-order chi connectivity index (χ0) is 13.7. The van der Waals surface area contributed by atoms with Crippen LogP contribution in [-0.4, -0.2) is 30.5 Å². The van der Waals surface area contributed by atoms with Crippen molar-refractivity contribution in [2.75, 3.05) is 13.1 Å². The van der Waals surface area contributed by atoms with Crippen LogP contribution in [0.4, 0.5) is 0 Å². The SMILES string of the molecule is CC[C@@H](/C=C\C(=O)[C@@H]1CCCN1)CNC1(CC)CC1. The van der Waals surface area contributed by atoms with E-state index in [4.69, 9.17) is 0 Å². The van der Waals surface area contributed by atoms with E-state index in [-0.39, 0.29) is 11.8 Å². The molecule has 19 heavy (non-hydrogen) atoms. The lowest BCUT2D eigenvalue weighted by Crippen LogP contribution is -2.34. The Bertz CT molecular complexity index is 328. The summed E-state index contributed by atoms with van der Waals surface area (Å²) in [6.07, 6.45) is 11.0. The Balaban J connectivity index is 1.76. The topological polar surface area (TPSA) is 41.1 Å². The lowest BCUT2D eigenvalue weighted by molar-refractivity contribution is -0.116. The van der Waals surface area contributed by atoms with Gasteiger partial charge in [-0.1, -0.05) is 19.9 Å². The number of nitrogens with one attached hydrogen (secondary N) is 2. The summed E-state index contributed by atoms with van der Waals surface area (Å²) in [5.74, 6) is 0.738. The molecule has 1 heterocycles. The Hall–Kier alpha value is -0.670. The van der Waals surface area contributed by atoms with Crippen LogP contribution >= 0.6 is 0 Å². The van der Waals surface area contributed by atoms with E-state index >= 15 is 0 Å². The molecule has 1 aliphatic heterocycles. The molecular weight excluding hydrogens is 236 g/mol. The van der Waals surface area contributed by atoms with Crippen LogP contribution in [0.1, 0.15) is 52.4 Å². The van der Waals surface area contributed by atoms with Crippen molar-refractivity contribution in [3.63, 3.8) is 0 Å².